The predicted octanol–water partition coefficient (Wildman–Crippen LogP) is 2.94. The zero-order valence-corrected chi connectivity index (χ0v) is 11.2. The molecule has 0 aliphatic heterocycles. The van der Waals surface area contributed by atoms with E-state index in [4.69, 9.17) is 5.11 Å². The summed E-state index contributed by atoms with van der Waals surface area (Å²) in [4.78, 5) is 19.4. The van der Waals surface area contributed by atoms with Crippen LogP contribution in [0.2, 0.25) is 0 Å². The molecule has 0 amide bonds. The molecule has 0 atom stereocenters. The number of hydrogen-bond acceptors (Lipinski definition) is 4. The van der Waals surface area contributed by atoms with Crippen molar-refractivity contribution in [2.75, 3.05) is 5.32 Å². The summed E-state index contributed by atoms with van der Waals surface area (Å²) in [7, 11) is 0. The van der Waals surface area contributed by atoms with Gasteiger partial charge in [0.25, 0.3) is 0 Å². The number of para-hydroxylation sites is 1. The lowest BCUT2D eigenvalue weighted by Crippen LogP contribution is -2.05. The van der Waals surface area contributed by atoms with Gasteiger partial charge in [0.1, 0.15) is 0 Å². The van der Waals surface area contributed by atoms with Gasteiger partial charge in [-0.15, -0.1) is 0 Å². The molecule has 2 aromatic heterocycles. The Kier molecular flexibility index (Phi) is 3.47. The number of aromatic nitrogens is 2. The molecule has 2 heterocycles. The Hall–Kier alpha value is -2.95. The van der Waals surface area contributed by atoms with Gasteiger partial charge in [0.15, 0.2) is 5.69 Å². The second kappa shape index (κ2) is 5.58. The van der Waals surface area contributed by atoms with Crippen LogP contribution in [-0.4, -0.2) is 21.0 Å². The number of nitrogens with zero attached hydrogens (tertiary/aromatic N) is 2. The number of fused-ring (bicyclic) bond motifs is 1. The molecule has 3 rings (SSSR count). The van der Waals surface area contributed by atoms with Gasteiger partial charge in [-0.3, -0.25) is 4.98 Å². The van der Waals surface area contributed by atoms with Gasteiger partial charge in [-0.1, -0.05) is 24.3 Å². The fraction of sp³-hybridized carbons (Fsp3) is 0.0625. The quantitative estimate of drug-likeness (QED) is 0.768. The molecule has 1 aromatic carbocycles. The molecular weight excluding hydrogens is 266 g/mol. The molecule has 104 valence electrons. The molecule has 0 unspecified atom stereocenters. The highest BCUT2D eigenvalue weighted by Gasteiger charge is 2.10. The molecule has 0 spiro atoms. The van der Waals surface area contributed by atoms with Crippen molar-refractivity contribution in [2.24, 2.45) is 0 Å². The predicted molar refractivity (Wildman–Crippen MR) is 80.3 cm³/mol. The Bertz CT molecular complexity index is 788. The summed E-state index contributed by atoms with van der Waals surface area (Å²) in [6.07, 6.45) is 3.49. The van der Waals surface area contributed by atoms with Gasteiger partial charge in [-0.05, 0) is 23.8 Å². The summed E-state index contributed by atoms with van der Waals surface area (Å²) >= 11 is 0. The van der Waals surface area contributed by atoms with Crippen LogP contribution in [-0.2, 0) is 6.54 Å². The van der Waals surface area contributed by atoms with Crippen LogP contribution in [0, 0.1) is 0 Å². The molecule has 0 aliphatic carbocycles. The highest BCUT2D eigenvalue weighted by Crippen LogP contribution is 2.23. The standard InChI is InChI=1S/C16H13N3O2/c20-16(21)15-8-14(12-5-1-2-6-13(12)19-15)18-10-11-4-3-7-17-9-11/h1-9H,10H2,(H,18,19)(H,20,21). The van der Waals surface area contributed by atoms with Crippen molar-refractivity contribution >= 4 is 22.6 Å². The number of pyridine rings is 2. The average molecular weight is 279 g/mol. The van der Waals surface area contributed by atoms with E-state index in [1.54, 1.807) is 24.5 Å². The Labute approximate surface area is 121 Å². The molecule has 5 heteroatoms. The normalized spacial score (nSPS) is 10.5. The van der Waals surface area contributed by atoms with E-state index in [0.29, 0.717) is 12.1 Å². The number of carboxylic acids is 1. The van der Waals surface area contributed by atoms with Gasteiger partial charge in [-0.25, -0.2) is 9.78 Å². The SMILES string of the molecule is O=C(O)c1cc(NCc2cccnc2)c2ccccc2n1. The van der Waals surface area contributed by atoms with Gasteiger partial charge < -0.3 is 10.4 Å². The summed E-state index contributed by atoms with van der Waals surface area (Å²) < 4.78 is 0. The summed E-state index contributed by atoms with van der Waals surface area (Å²) in [5.41, 5.74) is 2.46. The molecule has 0 fully saturated rings. The first-order valence-corrected chi connectivity index (χ1v) is 6.50. The van der Waals surface area contributed by atoms with Crippen molar-refractivity contribution in [3.05, 3.63) is 66.1 Å². The first kappa shape index (κ1) is 13.1. The van der Waals surface area contributed by atoms with Crippen molar-refractivity contribution in [1.82, 2.24) is 9.97 Å². The third-order valence-electron chi connectivity index (χ3n) is 3.14. The first-order chi connectivity index (χ1) is 10.2. The Morgan fingerprint density at radius 3 is 2.81 bits per heavy atom. The van der Waals surface area contributed by atoms with Crippen LogP contribution in [0.4, 0.5) is 5.69 Å². The molecule has 0 saturated heterocycles. The molecular formula is C16H13N3O2. The number of hydrogen-bond donors (Lipinski definition) is 2. The van der Waals surface area contributed by atoms with E-state index in [-0.39, 0.29) is 5.69 Å². The number of aromatic carboxylic acids is 1. The van der Waals surface area contributed by atoms with E-state index >= 15 is 0 Å². The minimum Gasteiger partial charge on any atom is -0.477 e. The third kappa shape index (κ3) is 2.81. The van der Waals surface area contributed by atoms with Gasteiger partial charge in [0.2, 0.25) is 0 Å². The molecule has 0 aliphatic rings. The minimum atomic E-state index is -1.04. The summed E-state index contributed by atoms with van der Waals surface area (Å²) in [5.74, 6) is -1.04. The van der Waals surface area contributed by atoms with Crippen LogP contribution in [0.5, 0.6) is 0 Å². The third-order valence-corrected chi connectivity index (χ3v) is 3.14. The van der Waals surface area contributed by atoms with Crippen molar-refractivity contribution in [2.45, 2.75) is 6.54 Å². The molecule has 0 saturated carbocycles. The van der Waals surface area contributed by atoms with Crippen LogP contribution in [0.15, 0.2) is 54.9 Å². The van der Waals surface area contributed by atoms with Crippen LogP contribution < -0.4 is 5.32 Å². The summed E-state index contributed by atoms with van der Waals surface area (Å²) in [5, 5.41) is 13.3. The molecule has 5 nitrogen and oxygen atoms in total. The topological polar surface area (TPSA) is 75.1 Å². The Balaban J connectivity index is 1.98. The lowest BCUT2D eigenvalue weighted by Gasteiger charge is -2.10. The Morgan fingerprint density at radius 1 is 1.19 bits per heavy atom. The van der Waals surface area contributed by atoms with E-state index < -0.39 is 5.97 Å². The first-order valence-electron chi connectivity index (χ1n) is 6.50. The number of benzene rings is 1. The minimum absolute atomic E-state index is 0.0300. The number of anilines is 1. The fourth-order valence-electron chi connectivity index (χ4n) is 2.13. The lowest BCUT2D eigenvalue weighted by molar-refractivity contribution is 0.0691. The van der Waals surface area contributed by atoms with E-state index in [2.05, 4.69) is 15.3 Å². The number of nitrogens with one attached hydrogen (secondary N) is 1. The van der Waals surface area contributed by atoms with Crippen LogP contribution in [0.3, 0.4) is 0 Å². The summed E-state index contributed by atoms with van der Waals surface area (Å²) in [6.45, 7) is 0.570. The monoisotopic (exact) mass is 279 g/mol. The van der Waals surface area contributed by atoms with Gasteiger partial charge in [0.05, 0.1) is 5.52 Å². The zero-order valence-electron chi connectivity index (χ0n) is 11.2. The molecule has 0 radical (unpaired) electrons. The van der Waals surface area contributed by atoms with Crippen molar-refractivity contribution in [1.29, 1.82) is 0 Å². The van der Waals surface area contributed by atoms with E-state index in [9.17, 15) is 4.79 Å². The maximum atomic E-state index is 11.2. The Morgan fingerprint density at radius 2 is 2.05 bits per heavy atom. The smallest absolute Gasteiger partial charge is 0.354 e. The van der Waals surface area contributed by atoms with E-state index in [0.717, 1.165) is 16.6 Å². The average Bonchev–Trinajstić information content (AvgIpc) is 2.53. The van der Waals surface area contributed by atoms with Crippen LogP contribution >= 0.6 is 0 Å². The lowest BCUT2D eigenvalue weighted by atomic mass is 10.1. The van der Waals surface area contributed by atoms with Crippen molar-refractivity contribution in [3.8, 4) is 0 Å². The van der Waals surface area contributed by atoms with Crippen molar-refractivity contribution < 1.29 is 9.90 Å². The molecule has 3 aromatic rings. The highest BCUT2D eigenvalue weighted by molar-refractivity contribution is 5.97. The molecule has 21 heavy (non-hydrogen) atoms. The molecule has 2 N–H and O–H groups in total. The molecule has 0 bridgehead atoms. The zero-order chi connectivity index (χ0) is 14.7. The largest absolute Gasteiger partial charge is 0.477 e. The van der Waals surface area contributed by atoms with Gasteiger partial charge in [0, 0.05) is 30.0 Å². The second-order valence-corrected chi connectivity index (χ2v) is 4.59. The van der Waals surface area contributed by atoms with Crippen LogP contribution in [0.25, 0.3) is 10.9 Å². The van der Waals surface area contributed by atoms with Gasteiger partial charge in [-0.2, -0.15) is 0 Å². The number of carboxylic acid groups (broad SMARTS) is 1. The number of carbonyl (C=O) groups is 1. The van der Waals surface area contributed by atoms with Gasteiger partial charge >= 0.3 is 5.97 Å². The fourth-order valence-corrected chi connectivity index (χ4v) is 2.13. The van der Waals surface area contributed by atoms with Crippen molar-refractivity contribution in [3.63, 3.8) is 0 Å². The maximum absolute atomic E-state index is 11.2. The maximum Gasteiger partial charge on any atom is 0.354 e. The summed E-state index contributed by atoms with van der Waals surface area (Å²) in [6, 6.07) is 12.8. The second-order valence-electron chi connectivity index (χ2n) is 4.59. The van der Waals surface area contributed by atoms with E-state index in [1.807, 2.05) is 30.3 Å². The van der Waals surface area contributed by atoms with E-state index in [1.165, 1.54) is 0 Å². The number of rotatable bonds is 4. The highest BCUT2D eigenvalue weighted by atomic mass is 16.4. The van der Waals surface area contributed by atoms with Crippen LogP contribution in [0.1, 0.15) is 16.1 Å².